The third-order valence-electron chi connectivity index (χ3n) is 5.78. The summed E-state index contributed by atoms with van der Waals surface area (Å²) in [6.07, 6.45) is 0.172. The number of benzene rings is 3. The summed E-state index contributed by atoms with van der Waals surface area (Å²) < 4.78 is 16.4. The molecule has 0 aliphatic carbocycles. The maximum absolute atomic E-state index is 12.8. The fourth-order valence-corrected chi connectivity index (χ4v) is 3.97. The molecule has 1 aliphatic rings. The number of nitrogens with one attached hydrogen (secondary N) is 1. The molecule has 34 heavy (non-hydrogen) atoms. The lowest BCUT2D eigenvalue weighted by molar-refractivity contribution is -0.126. The summed E-state index contributed by atoms with van der Waals surface area (Å²) in [5.74, 6) is 1.30. The average molecular weight is 461 g/mol. The zero-order chi connectivity index (χ0) is 23.9. The van der Waals surface area contributed by atoms with Gasteiger partial charge < -0.3 is 24.4 Å². The van der Waals surface area contributed by atoms with E-state index in [4.69, 9.17) is 14.2 Å². The second-order valence-corrected chi connectivity index (χ2v) is 8.08. The standard InChI is InChI=1S/C27H28N2O5/c1-32-24-12-11-22(15-25(24)33-2)29-17-21(14-26(29)30)27(31)28-16-19-7-6-8-20(13-19)18-34-23-9-4-3-5-10-23/h3-13,15,21H,14,16-18H2,1-2H3,(H,28,31). The van der Waals surface area contributed by atoms with Crippen molar-refractivity contribution in [2.75, 3.05) is 25.7 Å². The normalized spacial score (nSPS) is 15.2. The van der Waals surface area contributed by atoms with Crippen molar-refractivity contribution in [3.05, 3.63) is 83.9 Å². The minimum absolute atomic E-state index is 0.0903. The van der Waals surface area contributed by atoms with Crippen molar-refractivity contribution in [3.8, 4) is 17.2 Å². The Bertz CT molecular complexity index is 1150. The Labute approximate surface area is 199 Å². The van der Waals surface area contributed by atoms with E-state index in [-0.39, 0.29) is 18.2 Å². The van der Waals surface area contributed by atoms with Crippen LogP contribution >= 0.6 is 0 Å². The van der Waals surface area contributed by atoms with Crippen molar-refractivity contribution in [3.63, 3.8) is 0 Å². The molecule has 1 saturated heterocycles. The minimum Gasteiger partial charge on any atom is -0.493 e. The first kappa shape index (κ1) is 23.2. The highest BCUT2D eigenvalue weighted by molar-refractivity contribution is 6.00. The molecular formula is C27H28N2O5. The van der Waals surface area contributed by atoms with E-state index in [1.165, 1.54) is 0 Å². The van der Waals surface area contributed by atoms with Gasteiger partial charge in [-0.3, -0.25) is 9.59 Å². The number of carbonyl (C=O) groups is 2. The third kappa shape index (κ3) is 5.49. The van der Waals surface area contributed by atoms with Crippen molar-refractivity contribution in [1.29, 1.82) is 0 Å². The Morgan fingerprint density at radius 1 is 0.941 bits per heavy atom. The van der Waals surface area contributed by atoms with E-state index >= 15 is 0 Å². The molecule has 7 heteroatoms. The molecule has 3 aromatic carbocycles. The second kappa shape index (κ2) is 10.7. The molecular weight excluding hydrogens is 432 g/mol. The van der Waals surface area contributed by atoms with E-state index in [0.717, 1.165) is 16.9 Å². The lowest BCUT2D eigenvalue weighted by Gasteiger charge is -2.18. The Hall–Kier alpha value is -4.00. The molecule has 7 nitrogen and oxygen atoms in total. The summed E-state index contributed by atoms with van der Waals surface area (Å²) in [6, 6.07) is 22.8. The Kier molecular flexibility index (Phi) is 7.32. The van der Waals surface area contributed by atoms with Gasteiger partial charge in [0.15, 0.2) is 11.5 Å². The number of rotatable bonds is 9. The Morgan fingerprint density at radius 2 is 1.71 bits per heavy atom. The number of hydrogen-bond donors (Lipinski definition) is 1. The highest BCUT2D eigenvalue weighted by Crippen LogP contribution is 2.34. The van der Waals surface area contributed by atoms with Crippen LogP contribution in [0.5, 0.6) is 17.2 Å². The van der Waals surface area contributed by atoms with Gasteiger partial charge in [-0.15, -0.1) is 0 Å². The van der Waals surface area contributed by atoms with Gasteiger partial charge in [-0.2, -0.15) is 0 Å². The summed E-state index contributed by atoms with van der Waals surface area (Å²) >= 11 is 0. The third-order valence-corrected chi connectivity index (χ3v) is 5.78. The van der Waals surface area contributed by atoms with E-state index in [1.54, 1.807) is 37.3 Å². The number of para-hydroxylation sites is 1. The predicted octanol–water partition coefficient (Wildman–Crippen LogP) is 3.95. The summed E-state index contributed by atoms with van der Waals surface area (Å²) in [7, 11) is 3.11. The van der Waals surface area contributed by atoms with Crippen LogP contribution in [0.15, 0.2) is 72.8 Å². The molecule has 1 unspecified atom stereocenters. The van der Waals surface area contributed by atoms with E-state index < -0.39 is 5.92 Å². The second-order valence-electron chi connectivity index (χ2n) is 8.08. The molecule has 0 bridgehead atoms. The smallest absolute Gasteiger partial charge is 0.227 e. The Morgan fingerprint density at radius 3 is 2.47 bits per heavy atom. The van der Waals surface area contributed by atoms with E-state index in [2.05, 4.69) is 5.32 Å². The molecule has 1 atom stereocenters. The van der Waals surface area contributed by atoms with Crippen molar-refractivity contribution < 1.29 is 23.8 Å². The summed E-state index contributed by atoms with van der Waals surface area (Å²) in [5.41, 5.74) is 2.68. The summed E-state index contributed by atoms with van der Waals surface area (Å²) in [6.45, 7) is 1.16. The maximum Gasteiger partial charge on any atom is 0.227 e. The fourth-order valence-electron chi connectivity index (χ4n) is 3.97. The van der Waals surface area contributed by atoms with Crippen LogP contribution in [0.2, 0.25) is 0 Å². The molecule has 1 fully saturated rings. The first-order valence-electron chi connectivity index (χ1n) is 11.1. The number of methoxy groups -OCH3 is 2. The zero-order valence-corrected chi connectivity index (χ0v) is 19.3. The number of ether oxygens (including phenoxy) is 3. The topological polar surface area (TPSA) is 77.1 Å². The summed E-state index contributed by atoms with van der Waals surface area (Å²) in [5, 5.41) is 2.97. The number of carbonyl (C=O) groups excluding carboxylic acids is 2. The van der Waals surface area contributed by atoms with Gasteiger partial charge in [-0.05, 0) is 35.4 Å². The van der Waals surface area contributed by atoms with Gasteiger partial charge in [0.1, 0.15) is 12.4 Å². The van der Waals surface area contributed by atoms with Crippen molar-refractivity contribution in [2.24, 2.45) is 5.92 Å². The molecule has 3 aromatic rings. The first-order valence-corrected chi connectivity index (χ1v) is 11.1. The molecule has 4 rings (SSSR count). The quantitative estimate of drug-likeness (QED) is 0.523. The van der Waals surface area contributed by atoms with Crippen LogP contribution < -0.4 is 24.4 Å². The molecule has 2 amide bonds. The first-order chi connectivity index (χ1) is 16.6. The molecule has 0 radical (unpaired) electrons. The van der Waals surface area contributed by atoms with Gasteiger partial charge in [-0.1, -0.05) is 42.5 Å². The lowest BCUT2D eigenvalue weighted by Crippen LogP contribution is -2.32. The number of amides is 2. The molecule has 1 aliphatic heterocycles. The van der Waals surface area contributed by atoms with E-state index in [9.17, 15) is 9.59 Å². The van der Waals surface area contributed by atoms with Gasteiger partial charge in [0, 0.05) is 31.3 Å². The molecule has 1 N–H and O–H groups in total. The highest BCUT2D eigenvalue weighted by Gasteiger charge is 2.35. The molecule has 0 aromatic heterocycles. The van der Waals surface area contributed by atoms with Gasteiger partial charge in [0.05, 0.1) is 20.1 Å². The van der Waals surface area contributed by atoms with Crippen molar-refractivity contribution >= 4 is 17.5 Å². The zero-order valence-electron chi connectivity index (χ0n) is 19.3. The van der Waals surface area contributed by atoms with E-state index in [0.29, 0.717) is 36.9 Å². The SMILES string of the molecule is COc1ccc(N2CC(C(=O)NCc3cccc(COc4ccccc4)c3)CC2=O)cc1OC. The Balaban J connectivity index is 1.33. The van der Waals surface area contributed by atoms with Gasteiger partial charge in [0.2, 0.25) is 11.8 Å². The highest BCUT2D eigenvalue weighted by atomic mass is 16.5. The fraction of sp³-hybridized carbons (Fsp3) is 0.259. The van der Waals surface area contributed by atoms with Crippen LogP contribution in [0, 0.1) is 5.92 Å². The minimum atomic E-state index is -0.412. The van der Waals surface area contributed by atoms with Gasteiger partial charge in [0.25, 0.3) is 0 Å². The molecule has 0 saturated carbocycles. The van der Waals surface area contributed by atoms with Crippen LogP contribution in [0.25, 0.3) is 0 Å². The van der Waals surface area contributed by atoms with Crippen LogP contribution in [0.3, 0.4) is 0 Å². The van der Waals surface area contributed by atoms with Gasteiger partial charge >= 0.3 is 0 Å². The van der Waals surface area contributed by atoms with Gasteiger partial charge in [-0.25, -0.2) is 0 Å². The van der Waals surface area contributed by atoms with Crippen molar-refractivity contribution in [2.45, 2.75) is 19.6 Å². The lowest BCUT2D eigenvalue weighted by atomic mass is 10.1. The average Bonchev–Trinajstić information content (AvgIpc) is 3.28. The number of anilines is 1. The van der Waals surface area contributed by atoms with Crippen LogP contribution in [-0.4, -0.2) is 32.6 Å². The monoisotopic (exact) mass is 460 g/mol. The van der Waals surface area contributed by atoms with Crippen LogP contribution in [0.4, 0.5) is 5.69 Å². The summed E-state index contributed by atoms with van der Waals surface area (Å²) in [4.78, 5) is 27.0. The molecule has 176 valence electrons. The number of hydrogen-bond acceptors (Lipinski definition) is 5. The number of nitrogens with zero attached hydrogens (tertiary/aromatic N) is 1. The largest absolute Gasteiger partial charge is 0.493 e. The van der Waals surface area contributed by atoms with Crippen LogP contribution in [-0.2, 0) is 22.7 Å². The van der Waals surface area contributed by atoms with E-state index in [1.807, 2.05) is 54.6 Å². The van der Waals surface area contributed by atoms with Crippen molar-refractivity contribution in [1.82, 2.24) is 5.32 Å². The molecule has 1 heterocycles. The molecule has 0 spiro atoms. The van der Waals surface area contributed by atoms with Crippen LogP contribution in [0.1, 0.15) is 17.5 Å². The predicted molar refractivity (Wildman–Crippen MR) is 129 cm³/mol. The maximum atomic E-state index is 12.8.